The van der Waals surface area contributed by atoms with E-state index in [4.69, 9.17) is 4.74 Å². The van der Waals surface area contributed by atoms with Gasteiger partial charge >= 0.3 is 6.09 Å². The summed E-state index contributed by atoms with van der Waals surface area (Å²) in [6.07, 6.45) is -0.375. The van der Waals surface area contributed by atoms with E-state index in [-0.39, 0.29) is 11.3 Å². The molecule has 1 N–H and O–H groups in total. The van der Waals surface area contributed by atoms with E-state index in [1.807, 2.05) is 20.8 Å². The van der Waals surface area contributed by atoms with Crippen molar-refractivity contribution < 1.29 is 17.9 Å². The van der Waals surface area contributed by atoms with Crippen LogP contribution in [0.2, 0.25) is 0 Å². The van der Waals surface area contributed by atoms with Crippen LogP contribution in [0, 0.1) is 0 Å². The Bertz CT molecular complexity index is 460. The van der Waals surface area contributed by atoms with Gasteiger partial charge in [0.15, 0.2) is 0 Å². The first kappa shape index (κ1) is 15.5. The predicted octanol–water partition coefficient (Wildman–Crippen LogP) is -0.159. The van der Waals surface area contributed by atoms with E-state index in [2.05, 4.69) is 5.32 Å². The van der Waals surface area contributed by atoms with E-state index in [9.17, 15) is 13.2 Å². The van der Waals surface area contributed by atoms with Gasteiger partial charge < -0.3 is 15.0 Å². The number of rotatable bonds is 2. The van der Waals surface area contributed by atoms with E-state index in [0.717, 1.165) is 0 Å². The minimum Gasteiger partial charge on any atom is -0.444 e. The van der Waals surface area contributed by atoms with Crippen molar-refractivity contribution in [3.8, 4) is 0 Å². The quantitative estimate of drug-likeness (QED) is 0.767. The van der Waals surface area contributed by atoms with Crippen molar-refractivity contribution in [1.82, 2.24) is 14.5 Å². The zero-order chi connectivity index (χ0) is 15.0. The van der Waals surface area contributed by atoms with Gasteiger partial charge in [0.1, 0.15) is 10.9 Å². The SMILES string of the molecule is CC(C)(C)OC(=O)N1CCN(S(=O)(=O)C2CNC2)CC1. The Morgan fingerprint density at radius 2 is 1.70 bits per heavy atom. The highest BCUT2D eigenvalue weighted by Gasteiger charge is 2.38. The fourth-order valence-corrected chi connectivity index (χ4v) is 3.89. The zero-order valence-electron chi connectivity index (χ0n) is 12.3. The van der Waals surface area contributed by atoms with Crippen LogP contribution in [0.4, 0.5) is 4.79 Å². The van der Waals surface area contributed by atoms with Crippen molar-refractivity contribution in [2.45, 2.75) is 31.6 Å². The molecule has 0 spiro atoms. The molecule has 0 unspecified atom stereocenters. The Labute approximate surface area is 120 Å². The van der Waals surface area contributed by atoms with Crippen LogP contribution in [0.25, 0.3) is 0 Å². The molecule has 1 amide bonds. The van der Waals surface area contributed by atoms with Crippen LogP contribution < -0.4 is 5.32 Å². The van der Waals surface area contributed by atoms with E-state index >= 15 is 0 Å². The van der Waals surface area contributed by atoms with Crippen LogP contribution in [0.1, 0.15) is 20.8 Å². The number of sulfonamides is 1. The molecular formula is C12H23N3O4S. The lowest BCUT2D eigenvalue weighted by Crippen LogP contribution is -2.59. The third-order valence-electron chi connectivity index (χ3n) is 3.42. The molecule has 2 aliphatic rings. The summed E-state index contributed by atoms with van der Waals surface area (Å²) in [6.45, 7) is 7.95. The third kappa shape index (κ3) is 3.42. The van der Waals surface area contributed by atoms with Crippen molar-refractivity contribution in [2.75, 3.05) is 39.3 Å². The van der Waals surface area contributed by atoms with Gasteiger partial charge in [-0.25, -0.2) is 13.2 Å². The van der Waals surface area contributed by atoms with Gasteiger partial charge in [0.25, 0.3) is 0 Å². The number of hydrogen-bond donors (Lipinski definition) is 1. The summed E-state index contributed by atoms with van der Waals surface area (Å²) in [4.78, 5) is 13.5. The Hall–Kier alpha value is -0.860. The van der Waals surface area contributed by atoms with Crippen molar-refractivity contribution in [3.05, 3.63) is 0 Å². The monoisotopic (exact) mass is 305 g/mol. The summed E-state index contributed by atoms with van der Waals surface area (Å²) in [7, 11) is -3.22. The summed E-state index contributed by atoms with van der Waals surface area (Å²) in [5.41, 5.74) is -0.530. The number of carbonyl (C=O) groups excluding carboxylic acids is 1. The van der Waals surface area contributed by atoms with Gasteiger partial charge in [0, 0.05) is 39.3 Å². The van der Waals surface area contributed by atoms with E-state index in [0.29, 0.717) is 39.3 Å². The molecule has 0 atom stereocenters. The molecule has 20 heavy (non-hydrogen) atoms. The number of piperazine rings is 1. The second kappa shape index (κ2) is 5.50. The minimum absolute atomic E-state index is 0.310. The van der Waals surface area contributed by atoms with Gasteiger partial charge in [-0.3, -0.25) is 0 Å². The van der Waals surface area contributed by atoms with Crippen LogP contribution in [0.5, 0.6) is 0 Å². The fraction of sp³-hybridized carbons (Fsp3) is 0.917. The Kier molecular flexibility index (Phi) is 4.27. The second-order valence-corrected chi connectivity index (χ2v) is 8.40. The summed E-state index contributed by atoms with van der Waals surface area (Å²) < 4.78 is 31.2. The molecule has 2 saturated heterocycles. The van der Waals surface area contributed by atoms with Crippen molar-refractivity contribution in [3.63, 3.8) is 0 Å². The van der Waals surface area contributed by atoms with Crippen LogP contribution in [0.3, 0.4) is 0 Å². The van der Waals surface area contributed by atoms with Gasteiger partial charge in [0.2, 0.25) is 10.0 Å². The first-order chi connectivity index (χ1) is 9.20. The molecule has 0 aromatic carbocycles. The highest BCUT2D eigenvalue weighted by atomic mass is 32.2. The Balaban J connectivity index is 1.87. The molecule has 2 rings (SSSR count). The summed E-state index contributed by atoms with van der Waals surface area (Å²) in [5, 5.41) is 2.66. The average Bonchev–Trinajstić information content (AvgIpc) is 2.24. The van der Waals surface area contributed by atoms with Gasteiger partial charge in [-0.05, 0) is 20.8 Å². The molecule has 2 aliphatic heterocycles. The lowest BCUT2D eigenvalue weighted by molar-refractivity contribution is 0.0192. The maximum absolute atomic E-state index is 12.2. The van der Waals surface area contributed by atoms with E-state index in [1.165, 1.54) is 4.31 Å². The molecule has 7 nitrogen and oxygen atoms in total. The zero-order valence-corrected chi connectivity index (χ0v) is 13.1. The molecule has 8 heteroatoms. The first-order valence-corrected chi connectivity index (χ1v) is 8.38. The lowest BCUT2D eigenvalue weighted by Gasteiger charge is -2.38. The predicted molar refractivity (Wildman–Crippen MR) is 75.0 cm³/mol. The average molecular weight is 305 g/mol. The van der Waals surface area contributed by atoms with Crippen molar-refractivity contribution in [1.29, 1.82) is 0 Å². The van der Waals surface area contributed by atoms with Gasteiger partial charge in [-0.1, -0.05) is 0 Å². The van der Waals surface area contributed by atoms with Crippen LogP contribution in [0.15, 0.2) is 0 Å². The normalized spacial score (nSPS) is 22.4. The Morgan fingerprint density at radius 3 is 2.10 bits per heavy atom. The summed E-state index contributed by atoms with van der Waals surface area (Å²) in [6, 6.07) is 0. The number of hydrogen-bond acceptors (Lipinski definition) is 5. The van der Waals surface area contributed by atoms with E-state index < -0.39 is 15.6 Å². The van der Waals surface area contributed by atoms with Crippen LogP contribution in [-0.4, -0.2) is 73.8 Å². The maximum Gasteiger partial charge on any atom is 0.410 e. The minimum atomic E-state index is -3.22. The summed E-state index contributed by atoms with van der Waals surface area (Å²) >= 11 is 0. The number of ether oxygens (including phenoxy) is 1. The standard InChI is InChI=1S/C12H23N3O4S/c1-12(2,3)19-11(16)14-4-6-15(7-5-14)20(17,18)10-8-13-9-10/h10,13H,4-9H2,1-3H3. The number of amides is 1. The summed E-state index contributed by atoms with van der Waals surface area (Å²) in [5.74, 6) is 0. The molecule has 0 aromatic heterocycles. The molecule has 0 aromatic rings. The largest absolute Gasteiger partial charge is 0.444 e. The lowest BCUT2D eigenvalue weighted by atomic mass is 10.2. The molecule has 0 bridgehead atoms. The fourth-order valence-electron chi connectivity index (χ4n) is 2.14. The van der Waals surface area contributed by atoms with Crippen molar-refractivity contribution >= 4 is 16.1 Å². The molecule has 0 saturated carbocycles. The molecule has 116 valence electrons. The highest BCUT2D eigenvalue weighted by Crippen LogP contribution is 2.17. The smallest absolute Gasteiger partial charge is 0.410 e. The van der Waals surface area contributed by atoms with Crippen LogP contribution >= 0.6 is 0 Å². The second-order valence-electron chi connectivity index (χ2n) is 6.19. The molecular weight excluding hydrogens is 282 g/mol. The topological polar surface area (TPSA) is 79.0 Å². The van der Waals surface area contributed by atoms with Gasteiger partial charge in [0.05, 0.1) is 0 Å². The molecule has 2 heterocycles. The van der Waals surface area contributed by atoms with Gasteiger partial charge in [-0.15, -0.1) is 0 Å². The van der Waals surface area contributed by atoms with E-state index in [1.54, 1.807) is 4.90 Å². The molecule has 0 radical (unpaired) electrons. The highest BCUT2D eigenvalue weighted by molar-refractivity contribution is 7.89. The Morgan fingerprint density at radius 1 is 1.15 bits per heavy atom. The maximum atomic E-state index is 12.2. The number of nitrogens with one attached hydrogen (secondary N) is 1. The first-order valence-electron chi connectivity index (χ1n) is 6.88. The third-order valence-corrected chi connectivity index (χ3v) is 5.68. The van der Waals surface area contributed by atoms with Crippen LogP contribution in [-0.2, 0) is 14.8 Å². The molecule has 0 aliphatic carbocycles. The number of carbonyl (C=O) groups is 1. The molecule has 2 fully saturated rings. The van der Waals surface area contributed by atoms with Crippen molar-refractivity contribution in [2.24, 2.45) is 0 Å². The number of nitrogens with zero attached hydrogens (tertiary/aromatic N) is 2. The van der Waals surface area contributed by atoms with Gasteiger partial charge in [-0.2, -0.15) is 4.31 Å².